The number of carbonyl (C=O) groups excluding carboxylic acids is 2. The number of hydrogen-bond acceptors (Lipinski definition) is 3. The van der Waals surface area contributed by atoms with Crippen LogP contribution in [-0.2, 0) is 11.0 Å². The van der Waals surface area contributed by atoms with E-state index in [-0.39, 0.29) is 16.6 Å². The fourth-order valence-corrected chi connectivity index (χ4v) is 5.53. The molecule has 4 nitrogen and oxygen atoms in total. The molecule has 0 saturated carbocycles. The van der Waals surface area contributed by atoms with Crippen molar-refractivity contribution in [3.05, 3.63) is 137 Å². The fourth-order valence-electron chi connectivity index (χ4n) is 4.28. The molecule has 0 aliphatic heterocycles. The van der Waals surface area contributed by atoms with Crippen LogP contribution in [0.15, 0.2) is 120 Å². The monoisotopic (exact) mass is 590 g/mol. The minimum Gasteiger partial charge on any atom is -0.324 e. The van der Waals surface area contributed by atoms with Crippen LogP contribution >= 0.6 is 23.4 Å². The molecular weight excluding hydrogens is 569 g/mol. The highest BCUT2D eigenvalue weighted by Gasteiger charge is 2.35. The third-order valence-corrected chi connectivity index (χ3v) is 7.73. The molecule has 1 atom stereocenters. The third kappa shape index (κ3) is 6.90. The first kappa shape index (κ1) is 28.3. The maximum atomic E-state index is 13.6. The zero-order chi connectivity index (χ0) is 29.0. The van der Waals surface area contributed by atoms with Gasteiger partial charge in [-0.25, -0.2) is 0 Å². The lowest BCUT2D eigenvalue weighted by Gasteiger charge is -2.20. The van der Waals surface area contributed by atoms with Crippen LogP contribution in [0, 0.1) is 0 Å². The number of anilines is 2. The zero-order valence-corrected chi connectivity index (χ0v) is 22.9. The predicted molar refractivity (Wildman–Crippen MR) is 158 cm³/mol. The molecule has 2 amide bonds. The molecular formula is C32H22ClF3N2O2S. The summed E-state index contributed by atoms with van der Waals surface area (Å²) < 4.78 is 40.9. The first-order chi connectivity index (χ1) is 19.7. The molecule has 5 rings (SSSR count). The minimum atomic E-state index is -4.71. The number of halogens is 4. The van der Waals surface area contributed by atoms with Gasteiger partial charge in [0.1, 0.15) is 5.25 Å². The molecule has 0 aliphatic carbocycles. The highest BCUT2D eigenvalue weighted by Crippen LogP contribution is 2.40. The Morgan fingerprint density at radius 3 is 2.22 bits per heavy atom. The summed E-state index contributed by atoms with van der Waals surface area (Å²) in [6.45, 7) is 0. The van der Waals surface area contributed by atoms with Gasteiger partial charge in [-0.15, -0.1) is 11.8 Å². The maximum absolute atomic E-state index is 13.6. The molecule has 0 saturated heterocycles. The van der Waals surface area contributed by atoms with Gasteiger partial charge in [0, 0.05) is 21.2 Å². The number of hydrogen-bond donors (Lipinski definition) is 2. The molecule has 2 N–H and O–H groups in total. The van der Waals surface area contributed by atoms with E-state index in [1.54, 1.807) is 60.7 Å². The van der Waals surface area contributed by atoms with E-state index in [4.69, 9.17) is 11.6 Å². The maximum Gasteiger partial charge on any atom is 0.418 e. The van der Waals surface area contributed by atoms with E-state index in [2.05, 4.69) is 10.6 Å². The van der Waals surface area contributed by atoms with Crippen LogP contribution in [0.2, 0.25) is 5.02 Å². The molecule has 0 bridgehead atoms. The zero-order valence-electron chi connectivity index (χ0n) is 21.3. The van der Waals surface area contributed by atoms with E-state index in [1.165, 1.54) is 6.07 Å². The van der Waals surface area contributed by atoms with Gasteiger partial charge >= 0.3 is 6.18 Å². The molecule has 0 spiro atoms. The molecule has 5 aromatic rings. The van der Waals surface area contributed by atoms with Crippen LogP contribution in [-0.4, -0.2) is 11.8 Å². The molecule has 0 heterocycles. The second kappa shape index (κ2) is 12.1. The fraction of sp³-hybridized carbons (Fsp3) is 0.0625. The summed E-state index contributed by atoms with van der Waals surface area (Å²) >= 11 is 6.95. The molecule has 0 aliphatic rings. The molecule has 0 fully saturated rings. The molecule has 0 radical (unpaired) electrons. The second-order valence-corrected chi connectivity index (χ2v) is 10.7. The molecule has 206 valence electrons. The Morgan fingerprint density at radius 2 is 1.46 bits per heavy atom. The van der Waals surface area contributed by atoms with Crippen LogP contribution in [0.3, 0.4) is 0 Å². The quantitative estimate of drug-likeness (QED) is 0.186. The number of nitrogens with one attached hydrogen (secondary N) is 2. The van der Waals surface area contributed by atoms with Crippen molar-refractivity contribution in [2.45, 2.75) is 16.3 Å². The average molecular weight is 591 g/mol. The van der Waals surface area contributed by atoms with Crippen LogP contribution in [0.5, 0.6) is 0 Å². The van der Waals surface area contributed by atoms with Gasteiger partial charge in [0.25, 0.3) is 5.91 Å². The van der Waals surface area contributed by atoms with Crippen molar-refractivity contribution >= 4 is 57.3 Å². The summed E-state index contributed by atoms with van der Waals surface area (Å²) in [6.07, 6.45) is -4.71. The lowest BCUT2D eigenvalue weighted by atomic mass is 10.1. The van der Waals surface area contributed by atoms with Crippen molar-refractivity contribution in [3.63, 3.8) is 0 Å². The average Bonchev–Trinajstić information content (AvgIpc) is 2.96. The van der Waals surface area contributed by atoms with E-state index < -0.39 is 22.9 Å². The number of thioether (sulfide) groups is 1. The Morgan fingerprint density at radius 1 is 0.732 bits per heavy atom. The molecule has 5 aromatic carbocycles. The summed E-state index contributed by atoms with van der Waals surface area (Å²) in [4.78, 5) is 27.0. The van der Waals surface area contributed by atoms with Gasteiger partial charge in [0.2, 0.25) is 5.91 Å². The normalized spacial score (nSPS) is 12.1. The van der Waals surface area contributed by atoms with Crippen molar-refractivity contribution in [3.8, 4) is 0 Å². The highest BCUT2D eigenvalue weighted by atomic mass is 35.5. The van der Waals surface area contributed by atoms with Gasteiger partial charge in [-0.3, -0.25) is 9.59 Å². The van der Waals surface area contributed by atoms with Crippen LogP contribution < -0.4 is 10.6 Å². The summed E-state index contributed by atoms with van der Waals surface area (Å²) in [7, 11) is 0. The lowest BCUT2D eigenvalue weighted by molar-refractivity contribution is -0.137. The third-order valence-electron chi connectivity index (χ3n) is 6.24. The Hall–Kier alpha value is -4.27. The summed E-state index contributed by atoms with van der Waals surface area (Å²) in [6, 6.07) is 32.1. The van der Waals surface area contributed by atoms with E-state index in [0.717, 1.165) is 34.7 Å². The number of amides is 2. The number of fused-ring (bicyclic) bond motifs is 1. The van der Waals surface area contributed by atoms with Crippen molar-refractivity contribution in [1.82, 2.24) is 0 Å². The molecule has 1 unspecified atom stereocenters. The standard InChI is InChI=1S/C32H22ClF3N2O2S/c33-24-15-16-28(27(18-24)32(34,35)36)38-31(40)29(21-8-2-1-3-9-21)41-26-12-6-11-25(19-26)37-30(39)23-14-13-20-7-4-5-10-22(20)17-23/h1-19,29H,(H,37,39)(H,38,40). The van der Waals surface area contributed by atoms with Crippen LogP contribution in [0.4, 0.5) is 24.5 Å². The summed E-state index contributed by atoms with van der Waals surface area (Å²) in [5.74, 6) is -0.933. The van der Waals surface area contributed by atoms with Gasteiger partial charge in [-0.2, -0.15) is 13.2 Å². The van der Waals surface area contributed by atoms with E-state index >= 15 is 0 Å². The minimum absolute atomic E-state index is 0.0909. The number of carbonyl (C=O) groups is 2. The Bertz CT molecular complexity index is 1730. The number of alkyl halides is 3. The molecule has 0 aromatic heterocycles. The number of rotatable bonds is 7. The van der Waals surface area contributed by atoms with Gasteiger partial charge in [-0.05, 0) is 64.9 Å². The van der Waals surface area contributed by atoms with E-state index in [9.17, 15) is 22.8 Å². The first-order valence-corrected chi connectivity index (χ1v) is 13.7. The molecule has 9 heteroatoms. The Labute approximate surface area is 243 Å². The van der Waals surface area contributed by atoms with Gasteiger partial charge < -0.3 is 10.6 Å². The Kier molecular flexibility index (Phi) is 8.33. The van der Waals surface area contributed by atoms with Crippen molar-refractivity contribution < 1.29 is 22.8 Å². The smallest absolute Gasteiger partial charge is 0.324 e. The topological polar surface area (TPSA) is 58.2 Å². The summed E-state index contributed by atoms with van der Waals surface area (Å²) in [5, 5.41) is 6.30. The SMILES string of the molecule is O=C(Nc1cccc(SC(C(=O)Nc2ccc(Cl)cc2C(F)(F)F)c2ccccc2)c1)c1ccc2ccccc2c1. The first-order valence-electron chi connectivity index (χ1n) is 12.5. The molecule has 41 heavy (non-hydrogen) atoms. The van der Waals surface area contributed by atoms with Crippen molar-refractivity contribution in [1.29, 1.82) is 0 Å². The largest absolute Gasteiger partial charge is 0.418 e. The van der Waals surface area contributed by atoms with E-state index in [0.29, 0.717) is 21.7 Å². The van der Waals surface area contributed by atoms with Gasteiger partial charge in [0.15, 0.2) is 0 Å². The second-order valence-electron chi connectivity index (χ2n) is 9.13. The van der Waals surface area contributed by atoms with Crippen LogP contribution in [0.1, 0.15) is 26.7 Å². The number of benzene rings is 5. The van der Waals surface area contributed by atoms with Gasteiger partial charge in [0.05, 0.1) is 11.3 Å². The van der Waals surface area contributed by atoms with Gasteiger partial charge in [-0.1, -0.05) is 78.3 Å². The Balaban J connectivity index is 1.38. The highest BCUT2D eigenvalue weighted by molar-refractivity contribution is 8.00. The summed E-state index contributed by atoms with van der Waals surface area (Å²) in [5.41, 5.74) is 0.186. The lowest BCUT2D eigenvalue weighted by Crippen LogP contribution is -2.21. The predicted octanol–water partition coefficient (Wildman–Crippen LogP) is 9.24. The van der Waals surface area contributed by atoms with Crippen LogP contribution in [0.25, 0.3) is 10.8 Å². The van der Waals surface area contributed by atoms with Crippen molar-refractivity contribution in [2.75, 3.05) is 10.6 Å². The van der Waals surface area contributed by atoms with Crippen molar-refractivity contribution in [2.24, 2.45) is 0 Å². The van der Waals surface area contributed by atoms with E-state index in [1.807, 2.05) is 36.4 Å².